The van der Waals surface area contributed by atoms with Crippen molar-refractivity contribution in [2.24, 2.45) is 11.8 Å². The predicted octanol–water partition coefficient (Wildman–Crippen LogP) is 3.25. The fourth-order valence-corrected chi connectivity index (χ4v) is 5.73. The first-order valence-electron chi connectivity index (χ1n) is 12.2. The highest BCUT2D eigenvalue weighted by molar-refractivity contribution is 5.83. The molecular formula is C27H30N2O6. The molecule has 2 amide bonds. The molecule has 2 aliphatic heterocycles. The lowest BCUT2D eigenvalue weighted by Crippen LogP contribution is -2.54. The molecule has 0 bridgehead atoms. The van der Waals surface area contributed by atoms with E-state index in [9.17, 15) is 19.5 Å². The lowest BCUT2D eigenvalue weighted by Gasteiger charge is -2.39. The zero-order chi connectivity index (χ0) is 24.5. The van der Waals surface area contributed by atoms with Gasteiger partial charge in [0.25, 0.3) is 0 Å². The van der Waals surface area contributed by atoms with Gasteiger partial charge in [-0.2, -0.15) is 0 Å². The number of alkyl carbamates (subject to hydrolysis) is 1. The van der Waals surface area contributed by atoms with E-state index in [4.69, 9.17) is 9.47 Å². The molecule has 2 saturated heterocycles. The van der Waals surface area contributed by atoms with E-state index in [2.05, 4.69) is 29.6 Å². The Hall–Kier alpha value is -3.39. The summed E-state index contributed by atoms with van der Waals surface area (Å²) in [5.74, 6) is -2.25. The second kappa shape index (κ2) is 9.70. The van der Waals surface area contributed by atoms with Gasteiger partial charge in [-0.1, -0.05) is 48.5 Å². The molecule has 1 aliphatic carbocycles. The molecule has 2 aromatic rings. The van der Waals surface area contributed by atoms with Crippen molar-refractivity contribution in [2.45, 2.75) is 37.8 Å². The van der Waals surface area contributed by atoms with Gasteiger partial charge < -0.3 is 24.8 Å². The highest BCUT2D eigenvalue weighted by atomic mass is 16.5. The summed E-state index contributed by atoms with van der Waals surface area (Å²) in [7, 11) is 0. The number of nitrogens with zero attached hydrogens (tertiary/aromatic N) is 1. The molecule has 2 heterocycles. The van der Waals surface area contributed by atoms with Crippen molar-refractivity contribution in [3.8, 4) is 11.1 Å². The van der Waals surface area contributed by atoms with Crippen LogP contribution in [0.4, 0.5) is 4.79 Å². The van der Waals surface area contributed by atoms with Crippen LogP contribution in [0.25, 0.3) is 11.1 Å². The van der Waals surface area contributed by atoms with Crippen molar-refractivity contribution in [1.29, 1.82) is 0 Å². The second-order valence-corrected chi connectivity index (χ2v) is 9.58. The van der Waals surface area contributed by atoms with Gasteiger partial charge in [-0.15, -0.1) is 0 Å². The summed E-state index contributed by atoms with van der Waals surface area (Å²) in [6.45, 7) is 2.88. The molecule has 2 unspecified atom stereocenters. The van der Waals surface area contributed by atoms with Crippen LogP contribution in [-0.2, 0) is 19.1 Å². The van der Waals surface area contributed by atoms with Crippen LogP contribution >= 0.6 is 0 Å². The monoisotopic (exact) mass is 478 g/mol. The van der Waals surface area contributed by atoms with E-state index in [1.165, 1.54) is 0 Å². The van der Waals surface area contributed by atoms with Gasteiger partial charge in [0, 0.05) is 18.5 Å². The lowest BCUT2D eigenvalue weighted by molar-refractivity contribution is -0.150. The van der Waals surface area contributed by atoms with Gasteiger partial charge in [0.2, 0.25) is 5.91 Å². The highest BCUT2D eigenvalue weighted by Crippen LogP contribution is 2.44. The summed E-state index contributed by atoms with van der Waals surface area (Å²) < 4.78 is 11.2. The van der Waals surface area contributed by atoms with E-state index < -0.39 is 36.0 Å². The maximum atomic E-state index is 13.3. The van der Waals surface area contributed by atoms with E-state index in [0.29, 0.717) is 19.4 Å². The molecule has 35 heavy (non-hydrogen) atoms. The van der Waals surface area contributed by atoms with Gasteiger partial charge in [0.1, 0.15) is 6.61 Å². The van der Waals surface area contributed by atoms with Crippen molar-refractivity contribution < 1.29 is 29.0 Å². The molecule has 184 valence electrons. The zero-order valence-corrected chi connectivity index (χ0v) is 19.7. The minimum atomic E-state index is -0.883. The molecular weight excluding hydrogens is 448 g/mol. The van der Waals surface area contributed by atoms with Gasteiger partial charge in [-0.3, -0.25) is 9.59 Å². The van der Waals surface area contributed by atoms with E-state index in [0.717, 1.165) is 22.3 Å². The number of carbonyl (C=O) groups is 3. The Balaban J connectivity index is 1.22. The summed E-state index contributed by atoms with van der Waals surface area (Å²) in [4.78, 5) is 39.2. The van der Waals surface area contributed by atoms with Crippen LogP contribution in [-0.4, -0.2) is 66.4 Å². The third-order valence-corrected chi connectivity index (χ3v) is 7.63. The molecule has 0 spiro atoms. The third-order valence-electron chi connectivity index (χ3n) is 7.63. The summed E-state index contributed by atoms with van der Waals surface area (Å²) in [6, 6.07) is 15.3. The maximum absolute atomic E-state index is 13.3. The van der Waals surface area contributed by atoms with E-state index >= 15 is 0 Å². The van der Waals surface area contributed by atoms with E-state index in [1.54, 1.807) is 11.8 Å². The summed E-state index contributed by atoms with van der Waals surface area (Å²) in [6.07, 6.45) is 0.615. The second-order valence-electron chi connectivity index (χ2n) is 9.58. The molecule has 0 aromatic heterocycles. The quantitative estimate of drug-likeness (QED) is 0.684. The number of aliphatic carboxylic acids is 1. The molecule has 0 radical (unpaired) electrons. The molecule has 3 aliphatic rings. The summed E-state index contributed by atoms with van der Waals surface area (Å²) in [5.41, 5.74) is 4.57. The summed E-state index contributed by atoms with van der Waals surface area (Å²) >= 11 is 0. The average molecular weight is 479 g/mol. The number of hydrogen-bond donors (Lipinski definition) is 2. The van der Waals surface area contributed by atoms with Crippen LogP contribution < -0.4 is 5.32 Å². The van der Waals surface area contributed by atoms with Crippen LogP contribution in [0.3, 0.4) is 0 Å². The number of carboxylic acids is 1. The predicted molar refractivity (Wildman–Crippen MR) is 128 cm³/mol. The van der Waals surface area contributed by atoms with Crippen LogP contribution in [0.2, 0.25) is 0 Å². The molecule has 5 rings (SSSR count). The molecule has 0 saturated carbocycles. The molecule has 2 aromatic carbocycles. The smallest absolute Gasteiger partial charge is 0.407 e. The fourth-order valence-electron chi connectivity index (χ4n) is 5.73. The third kappa shape index (κ3) is 4.38. The Morgan fingerprint density at radius 3 is 2.34 bits per heavy atom. The number of benzene rings is 2. The first-order chi connectivity index (χ1) is 17.0. The number of amides is 2. The minimum Gasteiger partial charge on any atom is -0.481 e. The van der Waals surface area contributed by atoms with Gasteiger partial charge in [-0.05, 0) is 42.0 Å². The Kier molecular flexibility index (Phi) is 6.47. The normalized spacial score (nSPS) is 25.6. The number of ether oxygens (including phenoxy) is 2. The number of carbonyl (C=O) groups excluding carboxylic acids is 2. The highest BCUT2D eigenvalue weighted by Gasteiger charge is 2.43. The number of rotatable bonds is 5. The van der Waals surface area contributed by atoms with E-state index in [-0.39, 0.29) is 31.6 Å². The first kappa shape index (κ1) is 23.4. The first-order valence-corrected chi connectivity index (χ1v) is 12.2. The minimum absolute atomic E-state index is 0.0486. The molecule has 2 N–H and O–H groups in total. The zero-order valence-electron chi connectivity index (χ0n) is 19.7. The SMILES string of the molecule is C[C@H]1[C@@H](C(=O)O)CCCN1C(=O)C1COCC1NC(=O)OCC1c2ccccc2-c2ccccc21. The largest absolute Gasteiger partial charge is 0.481 e. The van der Waals surface area contributed by atoms with Gasteiger partial charge in [0.05, 0.1) is 31.1 Å². The molecule has 4 atom stereocenters. The van der Waals surface area contributed by atoms with E-state index in [1.807, 2.05) is 24.3 Å². The fraction of sp³-hybridized carbons (Fsp3) is 0.444. The number of nitrogens with one attached hydrogen (secondary N) is 1. The number of likely N-dealkylation sites (tertiary alicyclic amines) is 1. The van der Waals surface area contributed by atoms with Crippen molar-refractivity contribution in [1.82, 2.24) is 10.2 Å². The molecule has 2 fully saturated rings. The topological polar surface area (TPSA) is 105 Å². The van der Waals surface area contributed by atoms with Gasteiger partial charge >= 0.3 is 12.1 Å². The molecule has 8 heteroatoms. The standard InChI is InChI=1S/C27H30N2O6/c1-16-17(26(31)32)11-6-12-29(16)25(30)23-13-34-15-24(23)28-27(33)35-14-22-20-9-4-2-7-18(20)19-8-3-5-10-21(19)22/h2-5,7-10,16-17,22-24H,6,11-15H2,1H3,(H,28,33)(H,31,32)/t16-,17-,23?,24?/m0/s1. The van der Waals surface area contributed by atoms with Crippen LogP contribution in [0.1, 0.15) is 36.8 Å². The lowest BCUT2D eigenvalue weighted by atomic mass is 9.88. The number of carboxylic acid groups (broad SMARTS) is 1. The van der Waals surface area contributed by atoms with Gasteiger partial charge in [-0.25, -0.2) is 4.79 Å². The van der Waals surface area contributed by atoms with Crippen molar-refractivity contribution in [3.63, 3.8) is 0 Å². The van der Waals surface area contributed by atoms with Crippen molar-refractivity contribution in [2.75, 3.05) is 26.4 Å². The Bertz CT molecular complexity index is 1090. The van der Waals surface area contributed by atoms with Crippen LogP contribution in [0, 0.1) is 11.8 Å². The number of fused-ring (bicyclic) bond motifs is 3. The Morgan fingerprint density at radius 1 is 1.03 bits per heavy atom. The van der Waals surface area contributed by atoms with Crippen molar-refractivity contribution >= 4 is 18.0 Å². The Labute approximate surface area is 204 Å². The Morgan fingerprint density at radius 2 is 1.69 bits per heavy atom. The number of hydrogen-bond acceptors (Lipinski definition) is 5. The van der Waals surface area contributed by atoms with Crippen molar-refractivity contribution in [3.05, 3.63) is 59.7 Å². The van der Waals surface area contributed by atoms with Crippen LogP contribution in [0.15, 0.2) is 48.5 Å². The average Bonchev–Trinajstić information content (AvgIpc) is 3.44. The molecule has 8 nitrogen and oxygen atoms in total. The van der Waals surface area contributed by atoms with Gasteiger partial charge in [0.15, 0.2) is 0 Å². The number of piperidine rings is 1. The van der Waals surface area contributed by atoms with Crippen LogP contribution in [0.5, 0.6) is 0 Å². The maximum Gasteiger partial charge on any atom is 0.407 e. The summed E-state index contributed by atoms with van der Waals surface area (Å²) in [5, 5.41) is 12.3.